The first-order chi connectivity index (χ1) is 17.8. The van der Waals surface area contributed by atoms with E-state index in [-0.39, 0.29) is 11.7 Å². The number of carbonyl (C=O) groups excluding carboxylic acids is 1. The molecule has 8 nitrogen and oxygen atoms in total. The van der Waals surface area contributed by atoms with Gasteiger partial charge in [0.1, 0.15) is 18.2 Å². The highest BCUT2D eigenvalue weighted by Crippen LogP contribution is 2.35. The number of piperazine rings is 1. The molecule has 10 heteroatoms. The molecule has 196 valence electrons. The van der Waals surface area contributed by atoms with Crippen LogP contribution in [0.5, 0.6) is 6.01 Å². The van der Waals surface area contributed by atoms with E-state index < -0.39 is 0 Å². The van der Waals surface area contributed by atoms with Crippen LogP contribution in [0.4, 0.5) is 10.2 Å². The lowest BCUT2D eigenvalue weighted by molar-refractivity contribution is -0.125. The number of anilines is 1. The Kier molecular flexibility index (Phi) is 7.46. The number of carbonyl (C=O) groups is 1. The summed E-state index contributed by atoms with van der Waals surface area (Å²) in [5.74, 6) is 0.338. The zero-order valence-corrected chi connectivity index (χ0v) is 21.9. The van der Waals surface area contributed by atoms with Crippen LogP contribution < -0.4 is 9.64 Å². The second-order valence-electron chi connectivity index (χ2n) is 9.91. The van der Waals surface area contributed by atoms with E-state index in [1.807, 2.05) is 4.90 Å². The van der Waals surface area contributed by atoms with Crippen LogP contribution in [0.1, 0.15) is 29.7 Å². The van der Waals surface area contributed by atoms with E-state index in [9.17, 15) is 9.18 Å². The first-order valence-corrected chi connectivity index (χ1v) is 13.0. The molecule has 37 heavy (non-hydrogen) atoms. The first-order valence-electron chi connectivity index (χ1n) is 12.6. The molecule has 4 heterocycles. The van der Waals surface area contributed by atoms with Gasteiger partial charge in [0.05, 0.1) is 12.2 Å². The molecule has 0 spiro atoms. The third-order valence-corrected chi connectivity index (χ3v) is 7.61. The molecule has 0 N–H and O–H groups in total. The van der Waals surface area contributed by atoms with Crippen LogP contribution in [0.25, 0.3) is 0 Å². The Labute approximate surface area is 222 Å². The van der Waals surface area contributed by atoms with E-state index in [4.69, 9.17) is 26.3 Å². The molecule has 2 fully saturated rings. The van der Waals surface area contributed by atoms with Gasteiger partial charge in [-0.25, -0.2) is 4.39 Å². The van der Waals surface area contributed by atoms with E-state index in [0.29, 0.717) is 68.5 Å². The molecule has 0 saturated carbocycles. The maximum Gasteiger partial charge on any atom is 0.318 e. The van der Waals surface area contributed by atoms with Crippen LogP contribution in [0, 0.1) is 5.82 Å². The van der Waals surface area contributed by atoms with Crippen LogP contribution in [0.3, 0.4) is 0 Å². The maximum absolute atomic E-state index is 14.5. The summed E-state index contributed by atoms with van der Waals surface area (Å²) in [5.41, 5.74) is 3.14. The minimum Gasteiger partial charge on any atom is -0.462 e. The predicted octanol–water partition coefficient (Wildman–Crippen LogP) is 3.61. The van der Waals surface area contributed by atoms with Crippen LogP contribution in [-0.4, -0.2) is 76.5 Å². The van der Waals surface area contributed by atoms with Crippen LogP contribution in [-0.2, 0) is 24.4 Å². The molecule has 1 atom stereocenters. The number of ether oxygens (including phenoxy) is 1. The van der Waals surface area contributed by atoms with Gasteiger partial charge in [-0.15, -0.1) is 0 Å². The van der Waals surface area contributed by atoms with Crippen LogP contribution in [0.15, 0.2) is 43.1 Å². The van der Waals surface area contributed by atoms with E-state index in [0.717, 1.165) is 42.2 Å². The number of aromatic nitrogens is 2. The molecule has 3 aliphatic heterocycles. The SMILES string of the molecule is C=CC(=O)N1CCN(c2nc(OC[C@@H]3CCCN3C)nc3c2CN(Cc2cc(Cl)ccc2F)C3)C(=C)C1. The van der Waals surface area contributed by atoms with Crippen molar-refractivity contribution < 1.29 is 13.9 Å². The van der Waals surface area contributed by atoms with Crippen molar-refractivity contribution in [3.05, 3.63) is 70.8 Å². The lowest BCUT2D eigenvalue weighted by atomic mass is 10.2. The monoisotopic (exact) mass is 526 g/mol. The minimum atomic E-state index is -0.284. The summed E-state index contributed by atoms with van der Waals surface area (Å²) in [7, 11) is 2.11. The molecule has 2 aromatic rings. The largest absolute Gasteiger partial charge is 0.462 e. The summed E-state index contributed by atoms with van der Waals surface area (Å²) in [6.45, 7) is 12.4. The zero-order valence-electron chi connectivity index (χ0n) is 21.1. The second kappa shape index (κ2) is 10.8. The number of likely N-dealkylation sites (N-methyl/N-ethyl adjacent to an activating group) is 1. The van der Waals surface area contributed by atoms with Crippen molar-refractivity contribution in [1.29, 1.82) is 0 Å². The van der Waals surface area contributed by atoms with E-state index >= 15 is 0 Å². The van der Waals surface area contributed by atoms with Crippen molar-refractivity contribution in [1.82, 2.24) is 24.7 Å². The van der Waals surface area contributed by atoms with E-state index in [2.05, 4.69) is 30.0 Å². The number of likely N-dealkylation sites (tertiary alicyclic amines) is 1. The van der Waals surface area contributed by atoms with Crippen molar-refractivity contribution >= 4 is 23.3 Å². The van der Waals surface area contributed by atoms with Gasteiger partial charge in [-0.05, 0) is 50.7 Å². The molecule has 3 aliphatic rings. The number of benzene rings is 1. The molecule has 1 amide bonds. The summed E-state index contributed by atoms with van der Waals surface area (Å²) in [4.78, 5) is 29.9. The standard InChI is InChI=1S/C27H32ClFN6O2/c1-4-25(36)34-10-11-35(18(2)13-34)26-22-15-33(14-19-12-20(28)7-8-23(19)29)16-24(22)30-27(31-26)37-17-21-6-5-9-32(21)3/h4,7-8,12,21H,1-2,5-6,9-11,13-17H2,3H3/t21-/m0/s1. The van der Waals surface area contributed by atoms with Crippen LogP contribution in [0.2, 0.25) is 5.02 Å². The lowest BCUT2D eigenvalue weighted by Crippen LogP contribution is -2.47. The summed E-state index contributed by atoms with van der Waals surface area (Å²) in [6.07, 6.45) is 3.57. The maximum atomic E-state index is 14.5. The molecule has 2 saturated heterocycles. The van der Waals surface area contributed by atoms with Gasteiger partial charge in [0.25, 0.3) is 0 Å². The molecule has 0 aliphatic carbocycles. The molecule has 1 aromatic carbocycles. The predicted molar refractivity (Wildman–Crippen MR) is 141 cm³/mol. The quantitative estimate of drug-likeness (QED) is 0.511. The van der Waals surface area contributed by atoms with E-state index in [1.165, 1.54) is 12.1 Å². The molecule has 0 bridgehead atoms. The van der Waals surface area contributed by atoms with Crippen molar-refractivity contribution in [3.8, 4) is 6.01 Å². The van der Waals surface area contributed by atoms with Gasteiger partial charge in [0.2, 0.25) is 5.91 Å². The van der Waals surface area contributed by atoms with Gasteiger partial charge in [0.15, 0.2) is 0 Å². The summed E-state index contributed by atoms with van der Waals surface area (Å²) >= 11 is 6.12. The highest BCUT2D eigenvalue weighted by molar-refractivity contribution is 6.30. The third kappa shape index (κ3) is 5.49. The van der Waals surface area contributed by atoms with Gasteiger partial charge >= 0.3 is 6.01 Å². The number of nitrogens with zero attached hydrogens (tertiary/aromatic N) is 6. The fourth-order valence-electron chi connectivity index (χ4n) is 5.28. The molecular formula is C27H32ClFN6O2. The van der Waals surface area contributed by atoms with Crippen molar-refractivity contribution in [2.24, 2.45) is 0 Å². The smallest absolute Gasteiger partial charge is 0.318 e. The minimum absolute atomic E-state index is 0.117. The topological polar surface area (TPSA) is 65.0 Å². The third-order valence-electron chi connectivity index (χ3n) is 7.37. The van der Waals surface area contributed by atoms with Crippen molar-refractivity contribution in [3.63, 3.8) is 0 Å². The summed E-state index contributed by atoms with van der Waals surface area (Å²) < 4.78 is 20.6. The fraction of sp³-hybridized carbons (Fsp3) is 0.444. The number of rotatable bonds is 7. The highest BCUT2D eigenvalue weighted by atomic mass is 35.5. The number of hydrogen-bond donors (Lipinski definition) is 0. The Bertz CT molecular complexity index is 1220. The molecular weight excluding hydrogens is 495 g/mol. The van der Waals surface area contributed by atoms with Crippen LogP contribution >= 0.6 is 11.6 Å². The fourth-order valence-corrected chi connectivity index (χ4v) is 5.48. The van der Waals surface area contributed by atoms with Crippen molar-refractivity contribution in [2.75, 3.05) is 44.7 Å². The Morgan fingerprint density at radius 3 is 2.81 bits per heavy atom. The lowest BCUT2D eigenvalue weighted by Gasteiger charge is -2.37. The number of fused-ring (bicyclic) bond motifs is 1. The number of halogens is 2. The molecule has 1 aromatic heterocycles. The van der Waals surface area contributed by atoms with Gasteiger partial charge in [-0.1, -0.05) is 24.8 Å². The average molecular weight is 527 g/mol. The highest BCUT2D eigenvalue weighted by Gasteiger charge is 2.32. The Morgan fingerprint density at radius 1 is 1.24 bits per heavy atom. The summed E-state index contributed by atoms with van der Waals surface area (Å²) in [5, 5.41) is 0.504. The molecule has 0 radical (unpaired) electrons. The average Bonchev–Trinajstić information content (AvgIpc) is 3.49. The van der Waals surface area contributed by atoms with Gasteiger partial charge < -0.3 is 19.4 Å². The zero-order chi connectivity index (χ0) is 26.1. The second-order valence-corrected chi connectivity index (χ2v) is 10.3. The van der Waals surface area contributed by atoms with E-state index in [1.54, 1.807) is 17.0 Å². The number of hydrogen-bond acceptors (Lipinski definition) is 7. The molecule has 0 unspecified atom stereocenters. The summed E-state index contributed by atoms with van der Waals surface area (Å²) in [6, 6.07) is 5.28. The Morgan fingerprint density at radius 2 is 2.08 bits per heavy atom. The molecule has 5 rings (SSSR count). The Hall–Kier alpha value is -3.01. The van der Waals surface area contributed by atoms with Crippen molar-refractivity contribution in [2.45, 2.75) is 38.5 Å². The van der Waals surface area contributed by atoms with Gasteiger partial charge in [-0.2, -0.15) is 9.97 Å². The normalized spacial score (nSPS) is 20.4. The van der Waals surface area contributed by atoms with Gasteiger partial charge in [-0.3, -0.25) is 9.69 Å². The first kappa shape index (κ1) is 25.6. The Balaban J connectivity index is 1.40. The number of amides is 1. The van der Waals surface area contributed by atoms with Gasteiger partial charge in [0, 0.05) is 60.6 Å².